The summed E-state index contributed by atoms with van der Waals surface area (Å²) < 4.78 is 19.2. The van der Waals surface area contributed by atoms with E-state index >= 15 is 0 Å². The Morgan fingerprint density at radius 3 is 1.26 bits per heavy atom. The van der Waals surface area contributed by atoms with Crippen molar-refractivity contribution in [3.05, 3.63) is 91.0 Å². The van der Waals surface area contributed by atoms with E-state index in [2.05, 4.69) is 0 Å². The van der Waals surface area contributed by atoms with Crippen molar-refractivity contribution in [3.8, 4) is 17.2 Å². The highest BCUT2D eigenvalue weighted by Crippen LogP contribution is 2.27. The smallest absolute Gasteiger partial charge is 0.483 e. The van der Waals surface area contributed by atoms with Crippen molar-refractivity contribution in [2.75, 3.05) is 6.54 Å². The van der Waals surface area contributed by atoms with E-state index in [4.69, 9.17) is 19.0 Å². The predicted molar refractivity (Wildman–Crippen MR) is 110 cm³/mol. The van der Waals surface area contributed by atoms with Crippen LogP contribution in [0.25, 0.3) is 0 Å². The van der Waals surface area contributed by atoms with Crippen LogP contribution in [0.4, 0.5) is 0 Å². The Hall–Kier alpha value is -2.76. The Balaban J connectivity index is 1.93. The van der Waals surface area contributed by atoms with Gasteiger partial charge in [-0.1, -0.05) is 54.6 Å². The van der Waals surface area contributed by atoms with E-state index in [1.54, 1.807) is 0 Å². The zero-order chi connectivity index (χ0) is 18.8. The molecule has 0 saturated heterocycles. The van der Waals surface area contributed by atoms with Crippen LogP contribution in [-0.2, 0) is 0 Å². The second-order valence-electron chi connectivity index (χ2n) is 6.17. The van der Waals surface area contributed by atoms with E-state index in [-0.39, 0.29) is 0 Å². The lowest BCUT2D eigenvalue weighted by molar-refractivity contribution is 0.258. The lowest BCUT2D eigenvalue weighted by Gasteiger charge is -2.30. The fraction of sp³-hybridized carbons (Fsp3) is 0.182. The molecular formula is C22H25NO3Si. The molecular weight excluding hydrogens is 354 g/mol. The lowest BCUT2D eigenvalue weighted by atomic mass is 10.3. The Bertz CT molecular complexity index is 683. The van der Waals surface area contributed by atoms with Crippen LogP contribution in [0.15, 0.2) is 91.0 Å². The molecule has 5 heteroatoms. The van der Waals surface area contributed by atoms with Gasteiger partial charge in [-0.05, 0) is 55.8 Å². The second kappa shape index (κ2) is 9.80. The molecule has 3 rings (SSSR count). The summed E-state index contributed by atoms with van der Waals surface area (Å²) in [6, 6.07) is 29.8. The van der Waals surface area contributed by atoms with Crippen molar-refractivity contribution in [3.63, 3.8) is 0 Å². The first-order valence-corrected chi connectivity index (χ1v) is 11.2. The quantitative estimate of drug-likeness (QED) is 0.402. The standard InChI is InChI=1S/C22H25NO3Si/c23-18-10-11-19-27(24-20-12-4-1-5-13-20,25-21-14-6-2-7-15-21)26-22-16-8-3-9-17-22/h1-9,12-17H,10-11,18-19,23H2. The summed E-state index contributed by atoms with van der Waals surface area (Å²) in [7, 11) is -3.11. The number of benzene rings is 3. The van der Waals surface area contributed by atoms with Gasteiger partial charge in [0.1, 0.15) is 17.2 Å². The van der Waals surface area contributed by atoms with Gasteiger partial charge >= 0.3 is 8.80 Å². The van der Waals surface area contributed by atoms with Crippen molar-refractivity contribution in [1.82, 2.24) is 0 Å². The molecule has 4 nitrogen and oxygen atoms in total. The second-order valence-corrected chi connectivity index (χ2v) is 8.65. The summed E-state index contributed by atoms with van der Waals surface area (Å²) >= 11 is 0. The summed E-state index contributed by atoms with van der Waals surface area (Å²) in [6.07, 6.45) is 1.76. The molecule has 0 radical (unpaired) electrons. The average Bonchev–Trinajstić information content (AvgIpc) is 2.70. The molecule has 0 amide bonds. The molecule has 0 aliphatic rings. The van der Waals surface area contributed by atoms with E-state index in [1.165, 1.54) is 0 Å². The van der Waals surface area contributed by atoms with Gasteiger partial charge in [0.25, 0.3) is 0 Å². The molecule has 0 atom stereocenters. The molecule has 0 heterocycles. The maximum Gasteiger partial charge on any atom is 0.699 e. The van der Waals surface area contributed by atoms with E-state index in [9.17, 15) is 0 Å². The first-order chi connectivity index (χ1) is 13.3. The Morgan fingerprint density at radius 1 is 0.556 bits per heavy atom. The summed E-state index contributed by atoms with van der Waals surface area (Å²) in [5.41, 5.74) is 5.71. The van der Waals surface area contributed by atoms with Crippen LogP contribution < -0.4 is 19.0 Å². The van der Waals surface area contributed by atoms with Crippen LogP contribution in [0.3, 0.4) is 0 Å². The molecule has 3 aromatic carbocycles. The molecule has 140 valence electrons. The summed E-state index contributed by atoms with van der Waals surface area (Å²) in [6.45, 7) is 0.631. The highest BCUT2D eigenvalue weighted by molar-refractivity contribution is 6.63. The van der Waals surface area contributed by atoms with Crippen molar-refractivity contribution in [2.45, 2.75) is 18.9 Å². The van der Waals surface area contributed by atoms with Crippen molar-refractivity contribution in [1.29, 1.82) is 0 Å². The SMILES string of the molecule is NCCCC[Si](Oc1ccccc1)(Oc1ccccc1)Oc1ccccc1. The average molecular weight is 380 g/mol. The molecule has 0 spiro atoms. The van der Waals surface area contributed by atoms with Gasteiger partial charge in [-0.3, -0.25) is 0 Å². The number of hydrogen-bond acceptors (Lipinski definition) is 4. The third kappa shape index (κ3) is 5.87. The van der Waals surface area contributed by atoms with Gasteiger partial charge in [-0.15, -0.1) is 0 Å². The normalized spacial score (nSPS) is 11.0. The third-order valence-electron chi connectivity index (χ3n) is 3.99. The maximum absolute atomic E-state index is 6.41. The van der Waals surface area contributed by atoms with Gasteiger partial charge in [0.15, 0.2) is 0 Å². The van der Waals surface area contributed by atoms with Crippen LogP contribution in [0.2, 0.25) is 6.04 Å². The highest BCUT2D eigenvalue weighted by Gasteiger charge is 2.48. The van der Waals surface area contributed by atoms with Gasteiger partial charge in [0, 0.05) is 0 Å². The molecule has 3 aromatic rings. The number of rotatable bonds is 10. The minimum Gasteiger partial charge on any atom is -0.483 e. The van der Waals surface area contributed by atoms with Crippen LogP contribution >= 0.6 is 0 Å². The minimum atomic E-state index is -3.11. The molecule has 2 N–H and O–H groups in total. The van der Waals surface area contributed by atoms with Gasteiger partial charge in [-0.2, -0.15) is 0 Å². The highest BCUT2D eigenvalue weighted by atomic mass is 28.4. The fourth-order valence-corrected chi connectivity index (χ4v) is 5.31. The zero-order valence-corrected chi connectivity index (χ0v) is 16.3. The van der Waals surface area contributed by atoms with Crippen molar-refractivity contribution < 1.29 is 13.3 Å². The van der Waals surface area contributed by atoms with Crippen molar-refractivity contribution in [2.24, 2.45) is 5.73 Å². The minimum absolute atomic E-state index is 0.631. The molecule has 0 saturated carbocycles. The molecule has 0 aliphatic heterocycles. The maximum atomic E-state index is 6.41. The van der Waals surface area contributed by atoms with E-state index in [0.717, 1.165) is 30.1 Å². The molecule has 0 bridgehead atoms. The van der Waals surface area contributed by atoms with E-state index < -0.39 is 8.80 Å². The summed E-state index contributed by atoms with van der Waals surface area (Å²) in [4.78, 5) is 0. The largest absolute Gasteiger partial charge is 0.699 e. The Kier molecular flexibility index (Phi) is 6.90. The lowest BCUT2D eigenvalue weighted by Crippen LogP contribution is -2.54. The van der Waals surface area contributed by atoms with Crippen molar-refractivity contribution >= 4 is 8.80 Å². The summed E-state index contributed by atoms with van der Waals surface area (Å²) in [5, 5.41) is 0. The van der Waals surface area contributed by atoms with Gasteiger partial charge in [0.2, 0.25) is 0 Å². The van der Waals surface area contributed by atoms with Crippen LogP contribution in [-0.4, -0.2) is 15.3 Å². The molecule has 0 fully saturated rings. The Labute approximate surface area is 161 Å². The predicted octanol–water partition coefficient (Wildman–Crippen LogP) is 4.90. The topological polar surface area (TPSA) is 53.7 Å². The van der Waals surface area contributed by atoms with Crippen LogP contribution in [0.1, 0.15) is 12.8 Å². The number of unbranched alkanes of at least 4 members (excludes halogenated alkanes) is 1. The van der Waals surface area contributed by atoms with E-state index in [0.29, 0.717) is 12.6 Å². The molecule has 0 unspecified atom stereocenters. The van der Waals surface area contributed by atoms with Crippen LogP contribution in [0.5, 0.6) is 17.2 Å². The van der Waals surface area contributed by atoms with Gasteiger partial charge < -0.3 is 19.0 Å². The molecule has 0 aliphatic carbocycles. The number of nitrogens with two attached hydrogens (primary N) is 1. The summed E-state index contributed by atoms with van der Waals surface area (Å²) in [5.74, 6) is 2.22. The third-order valence-corrected chi connectivity index (χ3v) is 6.59. The first kappa shape index (κ1) is 19.0. The zero-order valence-electron chi connectivity index (χ0n) is 15.3. The van der Waals surface area contributed by atoms with Crippen LogP contribution in [0, 0.1) is 0 Å². The Morgan fingerprint density at radius 2 is 0.926 bits per heavy atom. The number of hydrogen-bond donors (Lipinski definition) is 1. The monoisotopic (exact) mass is 379 g/mol. The van der Waals surface area contributed by atoms with E-state index in [1.807, 2.05) is 91.0 Å². The number of para-hydroxylation sites is 3. The first-order valence-electron chi connectivity index (χ1n) is 9.22. The van der Waals surface area contributed by atoms with Gasteiger partial charge in [0.05, 0.1) is 6.04 Å². The molecule has 27 heavy (non-hydrogen) atoms. The molecule has 0 aromatic heterocycles. The van der Waals surface area contributed by atoms with Gasteiger partial charge in [-0.25, -0.2) is 0 Å². The fourth-order valence-electron chi connectivity index (χ4n) is 2.71.